The second-order valence-corrected chi connectivity index (χ2v) is 3.57. The highest BCUT2D eigenvalue weighted by Crippen LogP contribution is 2.29. The van der Waals surface area contributed by atoms with Gasteiger partial charge in [-0.2, -0.15) is 0 Å². The number of fused-ring (bicyclic) bond motifs is 1. The first-order chi connectivity index (χ1) is 7.63. The van der Waals surface area contributed by atoms with E-state index < -0.39 is 11.7 Å². The zero-order valence-corrected chi connectivity index (χ0v) is 8.55. The third-order valence-corrected chi connectivity index (χ3v) is 2.59. The van der Waals surface area contributed by atoms with Crippen molar-refractivity contribution in [1.29, 1.82) is 0 Å². The van der Waals surface area contributed by atoms with Crippen molar-refractivity contribution < 1.29 is 14.0 Å². The summed E-state index contributed by atoms with van der Waals surface area (Å²) in [6.07, 6.45) is 1.81. The SMILES string of the molecule is C=CC(=O)Nc1ccc2c(c1F)CCC2=O. The molecule has 1 aromatic rings. The molecule has 0 bridgehead atoms. The summed E-state index contributed by atoms with van der Waals surface area (Å²) in [7, 11) is 0. The lowest BCUT2D eigenvalue weighted by atomic mass is 10.1. The molecule has 0 saturated heterocycles. The Morgan fingerprint density at radius 1 is 1.44 bits per heavy atom. The van der Waals surface area contributed by atoms with Crippen molar-refractivity contribution in [3.8, 4) is 0 Å². The second kappa shape index (κ2) is 3.89. The molecule has 1 amide bonds. The van der Waals surface area contributed by atoms with Crippen LogP contribution in [0.25, 0.3) is 0 Å². The molecule has 0 saturated carbocycles. The van der Waals surface area contributed by atoms with Gasteiger partial charge in [0.25, 0.3) is 0 Å². The van der Waals surface area contributed by atoms with Crippen LogP contribution in [0.1, 0.15) is 22.3 Å². The van der Waals surface area contributed by atoms with Crippen molar-refractivity contribution in [3.63, 3.8) is 0 Å². The lowest BCUT2D eigenvalue weighted by Gasteiger charge is -2.07. The molecule has 82 valence electrons. The van der Waals surface area contributed by atoms with E-state index in [1.807, 2.05) is 0 Å². The molecule has 16 heavy (non-hydrogen) atoms. The van der Waals surface area contributed by atoms with Gasteiger partial charge in [0.05, 0.1) is 5.69 Å². The summed E-state index contributed by atoms with van der Waals surface area (Å²) in [5.41, 5.74) is 0.916. The maximum Gasteiger partial charge on any atom is 0.247 e. The smallest absolute Gasteiger partial charge is 0.247 e. The van der Waals surface area contributed by atoms with Gasteiger partial charge >= 0.3 is 0 Å². The maximum absolute atomic E-state index is 13.8. The first-order valence-electron chi connectivity index (χ1n) is 4.91. The molecule has 0 unspecified atom stereocenters. The number of halogens is 1. The van der Waals surface area contributed by atoms with Crippen LogP contribution in [0.4, 0.5) is 10.1 Å². The molecule has 1 aliphatic carbocycles. The number of rotatable bonds is 2. The standard InChI is InChI=1S/C12H10FNO2/c1-2-11(16)14-9-5-3-7-8(12(9)13)4-6-10(7)15/h2-3,5H,1,4,6H2,(H,14,16). The van der Waals surface area contributed by atoms with Crippen molar-refractivity contribution in [3.05, 3.63) is 41.7 Å². The van der Waals surface area contributed by atoms with Gasteiger partial charge in [-0.3, -0.25) is 9.59 Å². The number of Topliss-reactive ketones (excluding diaryl/α,β-unsaturated/α-hetero) is 1. The number of carbonyl (C=O) groups is 2. The largest absolute Gasteiger partial charge is 0.320 e. The number of carbonyl (C=O) groups excluding carboxylic acids is 2. The average molecular weight is 219 g/mol. The summed E-state index contributed by atoms with van der Waals surface area (Å²) in [6.45, 7) is 3.28. The minimum absolute atomic E-state index is 0.0458. The highest BCUT2D eigenvalue weighted by molar-refractivity contribution is 6.02. The van der Waals surface area contributed by atoms with Gasteiger partial charge in [0.2, 0.25) is 5.91 Å². The zero-order chi connectivity index (χ0) is 11.7. The Bertz CT molecular complexity index is 494. The van der Waals surface area contributed by atoms with Crippen LogP contribution in [0.3, 0.4) is 0 Å². The van der Waals surface area contributed by atoms with Gasteiger partial charge in [-0.1, -0.05) is 6.58 Å². The molecule has 1 aliphatic rings. The van der Waals surface area contributed by atoms with Gasteiger partial charge < -0.3 is 5.32 Å². The molecule has 0 fully saturated rings. The number of benzene rings is 1. The third kappa shape index (κ3) is 1.62. The van der Waals surface area contributed by atoms with Gasteiger partial charge in [0.15, 0.2) is 11.6 Å². The Labute approximate surface area is 92.0 Å². The van der Waals surface area contributed by atoms with Gasteiger partial charge in [-0.15, -0.1) is 0 Å². The van der Waals surface area contributed by atoms with Crippen LogP contribution in [0.2, 0.25) is 0 Å². The van der Waals surface area contributed by atoms with Gasteiger partial charge in [-0.05, 0) is 24.6 Å². The fourth-order valence-electron chi connectivity index (χ4n) is 1.78. The van der Waals surface area contributed by atoms with E-state index in [-0.39, 0.29) is 11.5 Å². The Balaban J connectivity index is 2.40. The van der Waals surface area contributed by atoms with E-state index in [2.05, 4.69) is 11.9 Å². The van der Waals surface area contributed by atoms with Crippen LogP contribution in [0, 0.1) is 5.82 Å². The average Bonchev–Trinajstić information content (AvgIpc) is 2.65. The van der Waals surface area contributed by atoms with E-state index >= 15 is 0 Å². The van der Waals surface area contributed by atoms with Crippen LogP contribution >= 0.6 is 0 Å². The van der Waals surface area contributed by atoms with Gasteiger partial charge in [0.1, 0.15) is 0 Å². The van der Waals surface area contributed by atoms with Crippen molar-refractivity contribution in [2.45, 2.75) is 12.8 Å². The molecule has 0 spiro atoms. The number of ketones is 1. The summed E-state index contributed by atoms with van der Waals surface area (Å²) < 4.78 is 13.8. The summed E-state index contributed by atoms with van der Waals surface area (Å²) in [4.78, 5) is 22.4. The molecule has 1 N–H and O–H groups in total. The Hall–Kier alpha value is -1.97. The maximum atomic E-state index is 13.8. The minimum atomic E-state index is -0.515. The van der Waals surface area contributed by atoms with Crippen LogP contribution in [-0.2, 0) is 11.2 Å². The van der Waals surface area contributed by atoms with E-state index in [1.54, 1.807) is 6.07 Å². The second-order valence-electron chi connectivity index (χ2n) is 3.57. The third-order valence-electron chi connectivity index (χ3n) is 2.59. The molecule has 0 atom stereocenters. The summed E-state index contributed by atoms with van der Waals surface area (Å²) >= 11 is 0. The normalized spacial score (nSPS) is 13.4. The molecule has 1 aromatic carbocycles. The van der Waals surface area contributed by atoms with Crippen molar-refractivity contribution in [2.75, 3.05) is 5.32 Å². The van der Waals surface area contributed by atoms with Crippen molar-refractivity contribution in [1.82, 2.24) is 0 Å². The van der Waals surface area contributed by atoms with E-state index in [0.717, 1.165) is 6.08 Å². The molecular weight excluding hydrogens is 209 g/mol. The minimum Gasteiger partial charge on any atom is -0.320 e. The number of hydrogen-bond donors (Lipinski definition) is 1. The predicted octanol–water partition coefficient (Wildman–Crippen LogP) is 2.08. The number of hydrogen-bond acceptors (Lipinski definition) is 2. The predicted molar refractivity (Wildman–Crippen MR) is 57.9 cm³/mol. The molecule has 0 radical (unpaired) electrons. The van der Waals surface area contributed by atoms with Crippen molar-refractivity contribution >= 4 is 17.4 Å². The zero-order valence-electron chi connectivity index (χ0n) is 8.55. The molecule has 2 rings (SSSR count). The van der Waals surface area contributed by atoms with Crippen LogP contribution < -0.4 is 5.32 Å². The Morgan fingerprint density at radius 2 is 2.19 bits per heavy atom. The first kappa shape index (κ1) is 10.5. The highest BCUT2D eigenvalue weighted by atomic mass is 19.1. The van der Waals surface area contributed by atoms with Crippen LogP contribution in [0.15, 0.2) is 24.8 Å². The fourth-order valence-corrected chi connectivity index (χ4v) is 1.78. The lowest BCUT2D eigenvalue weighted by molar-refractivity contribution is -0.111. The van der Waals surface area contributed by atoms with E-state index in [9.17, 15) is 14.0 Å². The van der Waals surface area contributed by atoms with E-state index in [0.29, 0.717) is 24.0 Å². The number of amides is 1. The molecule has 0 heterocycles. The quantitative estimate of drug-likeness (QED) is 0.774. The molecule has 0 aromatic heterocycles. The molecule has 4 heteroatoms. The lowest BCUT2D eigenvalue weighted by Crippen LogP contribution is -2.10. The molecule has 3 nitrogen and oxygen atoms in total. The number of nitrogens with one attached hydrogen (secondary N) is 1. The summed E-state index contributed by atoms with van der Waals surface area (Å²) in [5.74, 6) is -1.03. The Morgan fingerprint density at radius 3 is 2.88 bits per heavy atom. The summed E-state index contributed by atoms with van der Waals surface area (Å²) in [6, 6.07) is 2.95. The van der Waals surface area contributed by atoms with E-state index in [1.165, 1.54) is 6.07 Å². The molecule has 0 aliphatic heterocycles. The monoisotopic (exact) mass is 219 g/mol. The Kier molecular flexibility index (Phi) is 2.56. The summed E-state index contributed by atoms with van der Waals surface area (Å²) in [5, 5.41) is 2.36. The molecular formula is C12H10FNO2. The van der Waals surface area contributed by atoms with Crippen molar-refractivity contribution in [2.24, 2.45) is 0 Å². The van der Waals surface area contributed by atoms with E-state index in [4.69, 9.17) is 0 Å². The highest BCUT2D eigenvalue weighted by Gasteiger charge is 2.24. The topological polar surface area (TPSA) is 46.2 Å². The van der Waals surface area contributed by atoms with Crippen LogP contribution in [-0.4, -0.2) is 11.7 Å². The number of anilines is 1. The fraction of sp³-hybridized carbons (Fsp3) is 0.167. The van der Waals surface area contributed by atoms with Gasteiger partial charge in [0, 0.05) is 17.5 Å². The van der Waals surface area contributed by atoms with Crippen LogP contribution in [0.5, 0.6) is 0 Å². The van der Waals surface area contributed by atoms with Gasteiger partial charge in [-0.25, -0.2) is 4.39 Å². The first-order valence-corrected chi connectivity index (χ1v) is 4.91.